The van der Waals surface area contributed by atoms with Gasteiger partial charge in [-0.3, -0.25) is 9.71 Å². The fourth-order valence-corrected chi connectivity index (χ4v) is 5.96. The molecule has 7 nitrogen and oxygen atoms in total. The van der Waals surface area contributed by atoms with Gasteiger partial charge >= 0.3 is 0 Å². The molecular formula is C26H24N4O3S3. The molecule has 0 radical (unpaired) electrons. The van der Waals surface area contributed by atoms with E-state index in [-0.39, 0.29) is 12.1 Å². The number of pyridine rings is 1. The average Bonchev–Trinajstić information content (AvgIpc) is 3.44. The molecule has 184 valence electrons. The third-order valence-electron chi connectivity index (χ3n) is 5.74. The van der Waals surface area contributed by atoms with Crippen LogP contribution in [0, 0.1) is 6.92 Å². The molecule has 0 aliphatic carbocycles. The van der Waals surface area contributed by atoms with Crippen molar-refractivity contribution in [2.45, 2.75) is 29.0 Å². The summed E-state index contributed by atoms with van der Waals surface area (Å²) < 4.78 is 32.4. The minimum atomic E-state index is -3.39. The molecule has 4 aromatic rings. The Morgan fingerprint density at radius 1 is 1.06 bits per heavy atom. The summed E-state index contributed by atoms with van der Waals surface area (Å²) >= 11 is 7.33. The predicted octanol–water partition coefficient (Wildman–Crippen LogP) is 5.68. The van der Waals surface area contributed by atoms with Crippen molar-refractivity contribution in [2.75, 3.05) is 15.9 Å². The number of hydrogen-bond donors (Lipinski definition) is 2. The average molecular weight is 537 g/mol. The van der Waals surface area contributed by atoms with Gasteiger partial charge in [0.2, 0.25) is 10.0 Å². The van der Waals surface area contributed by atoms with Gasteiger partial charge in [0.1, 0.15) is 11.8 Å². The molecule has 0 amide bonds. The second-order valence-electron chi connectivity index (χ2n) is 8.44. The number of aryl methyl sites for hydroxylation is 1. The number of nitrogens with zero attached hydrogens (tertiary/aromatic N) is 2. The maximum Gasteiger partial charge on any atom is 0.229 e. The van der Waals surface area contributed by atoms with E-state index < -0.39 is 10.0 Å². The monoisotopic (exact) mass is 536 g/mol. The summed E-state index contributed by atoms with van der Waals surface area (Å²) in [5.41, 5.74) is 2.96. The lowest BCUT2D eigenvalue weighted by atomic mass is 10.0. The summed E-state index contributed by atoms with van der Waals surface area (Å²) in [6.45, 7) is 1.86. The van der Waals surface area contributed by atoms with Crippen LogP contribution in [0.3, 0.4) is 0 Å². The second-order valence-corrected chi connectivity index (χ2v) is 11.7. The summed E-state index contributed by atoms with van der Waals surface area (Å²) in [6, 6.07) is 24.7. The summed E-state index contributed by atoms with van der Waals surface area (Å²) in [4.78, 5) is 7.66. The summed E-state index contributed by atoms with van der Waals surface area (Å²) in [5.74, 6) is 0.743. The van der Waals surface area contributed by atoms with Gasteiger partial charge in [-0.05, 0) is 79.3 Å². The summed E-state index contributed by atoms with van der Waals surface area (Å²) in [7, 11) is -3.39. The number of nitrogens with one attached hydrogen (secondary N) is 2. The molecule has 2 aromatic carbocycles. The van der Waals surface area contributed by atoms with Gasteiger partial charge in [0.15, 0.2) is 10.2 Å². The second kappa shape index (κ2) is 9.96. The maximum atomic E-state index is 11.7. The molecule has 5 rings (SSSR count). The fraction of sp³-hybridized carbons (Fsp3) is 0.154. The van der Waals surface area contributed by atoms with Crippen LogP contribution < -0.4 is 14.9 Å². The first kappa shape index (κ1) is 24.4. The fourth-order valence-electron chi connectivity index (χ4n) is 4.19. The van der Waals surface area contributed by atoms with Gasteiger partial charge < -0.3 is 14.6 Å². The standard InChI is InChI=1S/C26H24N4O3S3/c1-17-16-18(11-12-20(17)29-36(2,31)32)30-25(24(28-26(30)34)21-10-6-7-15-27-21)22-13-14-23(33-22)35-19-8-4-3-5-9-19/h3-16,24-25,29H,1-2H3,(H,28,34). The zero-order chi connectivity index (χ0) is 25.3. The van der Waals surface area contributed by atoms with Crippen LogP contribution >= 0.6 is 24.0 Å². The van der Waals surface area contributed by atoms with E-state index in [1.54, 1.807) is 24.0 Å². The highest BCUT2D eigenvalue weighted by molar-refractivity contribution is 7.99. The van der Waals surface area contributed by atoms with E-state index in [2.05, 4.69) is 15.0 Å². The van der Waals surface area contributed by atoms with Crippen LogP contribution in [-0.4, -0.2) is 24.8 Å². The van der Waals surface area contributed by atoms with Crippen LogP contribution in [0.1, 0.15) is 29.1 Å². The van der Waals surface area contributed by atoms with Crippen molar-refractivity contribution in [2.24, 2.45) is 0 Å². The molecule has 0 saturated carbocycles. The number of benzene rings is 2. The number of hydrogen-bond acceptors (Lipinski definition) is 6. The zero-order valence-corrected chi connectivity index (χ0v) is 22.0. The summed E-state index contributed by atoms with van der Waals surface area (Å²) in [5, 5.41) is 4.73. The van der Waals surface area contributed by atoms with Gasteiger partial charge in [-0.25, -0.2) is 8.42 Å². The van der Waals surface area contributed by atoms with Crippen molar-refractivity contribution >= 4 is 50.5 Å². The first-order valence-electron chi connectivity index (χ1n) is 11.2. The van der Waals surface area contributed by atoms with Crippen LogP contribution in [0.5, 0.6) is 0 Å². The van der Waals surface area contributed by atoms with Crippen molar-refractivity contribution in [3.8, 4) is 0 Å². The highest BCUT2D eigenvalue weighted by Crippen LogP contribution is 2.44. The van der Waals surface area contributed by atoms with Crippen LogP contribution in [0.25, 0.3) is 0 Å². The van der Waals surface area contributed by atoms with Crippen LogP contribution in [0.2, 0.25) is 0 Å². The molecule has 0 bridgehead atoms. The van der Waals surface area contributed by atoms with Gasteiger partial charge in [-0.1, -0.05) is 36.0 Å². The molecule has 1 aliphatic heterocycles. The third-order valence-corrected chi connectivity index (χ3v) is 7.57. The van der Waals surface area contributed by atoms with Gasteiger partial charge in [-0.2, -0.15) is 0 Å². The molecule has 2 atom stereocenters. The molecule has 36 heavy (non-hydrogen) atoms. The lowest BCUT2D eigenvalue weighted by Gasteiger charge is -2.26. The Bertz CT molecular complexity index is 1490. The van der Waals surface area contributed by atoms with E-state index in [9.17, 15) is 8.42 Å². The predicted molar refractivity (Wildman–Crippen MR) is 147 cm³/mol. The van der Waals surface area contributed by atoms with Crippen LogP contribution in [0.4, 0.5) is 11.4 Å². The topological polar surface area (TPSA) is 87.5 Å². The number of sulfonamides is 1. The molecule has 1 saturated heterocycles. The third kappa shape index (κ3) is 5.25. The van der Waals surface area contributed by atoms with E-state index >= 15 is 0 Å². The van der Waals surface area contributed by atoms with E-state index in [1.807, 2.05) is 84.6 Å². The van der Waals surface area contributed by atoms with Crippen molar-refractivity contribution in [1.29, 1.82) is 0 Å². The van der Waals surface area contributed by atoms with Crippen molar-refractivity contribution in [1.82, 2.24) is 10.3 Å². The van der Waals surface area contributed by atoms with Crippen LogP contribution in [-0.2, 0) is 10.0 Å². The highest BCUT2D eigenvalue weighted by atomic mass is 32.2. The molecule has 2 unspecified atom stereocenters. The van der Waals surface area contributed by atoms with Crippen molar-refractivity contribution < 1.29 is 12.8 Å². The maximum absolute atomic E-state index is 11.7. The number of rotatable bonds is 7. The Morgan fingerprint density at radius 2 is 1.83 bits per heavy atom. The largest absolute Gasteiger partial charge is 0.452 e. The Kier molecular flexibility index (Phi) is 6.74. The summed E-state index contributed by atoms with van der Waals surface area (Å²) in [6.07, 6.45) is 2.89. The molecule has 3 heterocycles. The normalized spacial score (nSPS) is 17.7. The lowest BCUT2D eigenvalue weighted by molar-refractivity contribution is 0.383. The Labute approximate surface area is 220 Å². The first-order valence-corrected chi connectivity index (χ1v) is 14.3. The van der Waals surface area contributed by atoms with E-state index in [0.29, 0.717) is 10.8 Å². The SMILES string of the molecule is Cc1cc(N2C(=S)NC(c3ccccn3)C2c2ccc(Sc3ccccc3)o2)ccc1NS(C)(=O)=O. The number of aromatic nitrogens is 1. The van der Waals surface area contributed by atoms with Gasteiger partial charge in [-0.15, -0.1) is 0 Å². The highest BCUT2D eigenvalue weighted by Gasteiger charge is 2.42. The van der Waals surface area contributed by atoms with Gasteiger partial charge in [0, 0.05) is 16.8 Å². The van der Waals surface area contributed by atoms with Crippen LogP contribution in [0.15, 0.2) is 99.5 Å². The molecule has 1 aliphatic rings. The number of furan rings is 1. The molecule has 2 aromatic heterocycles. The minimum Gasteiger partial charge on any atom is -0.452 e. The van der Waals surface area contributed by atoms with Gasteiger partial charge in [0.25, 0.3) is 0 Å². The molecular weight excluding hydrogens is 513 g/mol. The quantitative estimate of drug-likeness (QED) is 0.292. The van der Waals surface area contributed by atoms with Gasteiger partial charge in [0.05, 0.1) is 23.7 Å². The zero-order valence-electron chi connectivity index (χ0n) is 19.6. The number of anilines is 2. The van der Waals surface area contributed by atoms with Crippen molar-refractivity contribution in [3.05, 3.63) is 102 Å². The minimum absolute atomic E-state index is 0.242. The van der Waals surface area contributed by atoms with E-state index in [0.717, 1.165) is 38.9 Å². The van der Waals surface area contributed by atoms with E-state index in [1.165, 1.54) is 0 Å². The molecule has 10 heteroatoms. The molecule has 0 spiro atoms. The lowest BCUT2D eigenvalue weighted by Crippen LogP contribution is -2.29. The molecule has 2 N–H and O–H groups in total. The van der Waals surface area contributed by atoms with Crippen molar-refractivity contribution in [3.63, 3.8) is 0 Å². The molecule has 1 fully saturated rings. The Hall–Kier alpha value is -3.34. The first-order chi connectivity index (χ1) is 17.3. The van der Waals surface area contributed by atoms with E-state index in [4.69, 9.17) is 16.6 Å². The smallest absolute Gasteiger partial charge is 0.229 e. The number of thiocarbonyl (C=S) groups is 1. The Morgan fingerprint density at radius 3 is 2.53 bits per heavy atom. The Balaban J connectivity index is 1.53.